The average Bonchev–Trinajstić information content (AvgIpc) is 3.36. The molecule has 0 atom stereocenters. The van der Waals surface area contributed by atoms with Crippen molar-refractivity contribution in [3.63, 3.8) is 0 Å². The van der Waals surface area contributed by atoms with Crippen LogP contribution in [0.3, 0.4) is 0 Å². The minimum absolute atomic E-state index is 0.210. The topological polar surface area (TPSA) is 82.0 Å². The van der Waals surface area contributed by atoms with Gasteiger partial charge < -0.3 is 14.3 Å². The minimum atomic E-state index is -0.416. The van der Waals surface area contributed by atoms with Crippen molar-refractivity contribution >= 4 is 23.7 Å². The van der Waals surface area contributed by atoms with Gasteiger partial charge in [-0.15, -0.1) is 0 Å². The van der Waals surface area contributed by atoms with Gasteiger partial charge in [0.2, 0.25) is 0 Å². The van der Waals surface area contributed by atoms with Crippen molar-refractivity contribution in [3.05, 3.63) is 76.3 Å². The summed E-state index contributed by atoms with van der Waals surface area (Å²) in [6.07, 6.45) is 1.69. The van der Waals surface area contributed by atoms with Gasteiger partial charge >= 0.3 is 12.8 Å². The van der Waals surface area contributed by atoms with Crippen LogP contribution in [0.4, 0.5) is 0 Å². The molecule has 5 rings (SSSR count). The number of aromatic amines is 1. The molecular weight excluding hydrogens is 487 g/mol. The summed E-state index contributed by atoms with van der Waals surface area (Å²) in [6.45, 7) is 20.9. The van der Waals surface area contributed by atoms with E-state index < -0.39 is 7.12 Å². The van der Waals surface area contributed by atoms with Crippen LogP contribution in [0, 0.1) is 0 Å². The number of nitrogens with one attached hydrogen (secondary N) is 1. The first-order valence-electron chi connectivity index (χ1n) is 14.0. The third kappa shape index (κ3) is 6.18. The van der Waals surface area contributed by atoms with E-state index in [2.05, 4.69) is 29.9 Å². The molecule has 0 spiro atoms. The van der Waals surface area contributed by atoms with E-state index in [4.69, 9.17) is 14.3 Å². The lowest BCUT2D eigenvalue weighted by atomic mass is 9.79. The molecule has 7 nitrogen and oxygen atoms in total. The molecule has 8 heteroatoms. The normalized spacial score (nSPS) is 15.5. The Bertz CT molecular complexity index is 1420. The summed E-state index contributed by atoms with van der Waals surface area (Å²) in [6, 6.07) is 16.1. The lowest BCUT2D eigenvalue weighted by molar-refractivity contribution is 0.00578. The summed E-state index contributed by atoms with van der Waals surface area (Å²) in [5.41, 5.74) is 4.32. The zero-order valence-corrected chi connectivity index (χ0v) is 25.1. The van der Waals surface area contributed by atoms with E-state index in [1.54, 1.807) is 10.8 Å². The number of fused-ring (bicyclic) bond motifs is 1. The summed E-state index contributed by atoms with van der Waals surface area (Å²) in [5.74, 6) is 0.951. The zero-order valence-electron chi connectivity index (χ0n) is 25.1. The molecule has 1 fully saturated rings. The molecule has 0 unspecified atom stereocenters. The van der Waals surface area contributed by atoms with Crippen LogP contribution < -0.4 is 11.2 Å². The quantitative estimate of drug-likeness (QED) is 0.306. The Balaban J connectivity index is 0.00000100. The number of rotatable bonds is 5. The lowest BCUT2D eigenvalue weighted by Crippen LogP contribution is -2.41. The standard InChI is InChI=1S/C27H31BN4O3.2C2H6/c1-17(2)20-9-7-8-10-21(20)23-29-15-22-24(31-23)32(25(33)30-22)16-18-11-13-19(14-12-18)28-34-26(3,4)27(5,6)35-28;2*1-2/h7-15,17H,16H2,1-6H3,(H,30,33);2*1-2H3. The molecule has 1 aliphatic rings. The Hall–Kier alpha value is -3.23. The van der Waals surface area contributed by atoms with Crippen LogP contribution in [0.2, 0.25) is 0 Å². The van der Waals surface area contributed by atoms with Crippen molar-refractivity contribution in [2.45, 2.75) is 92.9 Å². The predicted octanol–water partition coefficient (Wildman–Crippen LogP) is 6.31. The van der Waals surface area contributed by atoms with E-state index in [9.17, 15) is 4.79 Å². The molecule has 0 amide bonds. The Labute approximate surface area is 233 Å². The second-order valence-corrected chi connectivity index (χ2v) is 10.5. The maximum atomic E-state index is 12.8. The Morgan fingerprint density at radius 2 is 1.51 bits per heavy atom. The largest absolute Gasteiger partial charge is 0.494 e. The molecule has 0 saturated carbocycles. The molecule has 0 radical (unpaired) electrons. The maximum Gasteiger partial charge on any atom is 0.494 e. The molecule has 1 N–H and O–H groups in total. The summed E-state index contributed by atoms with van der Waals surface area (Å²) in [7, 11) is -0.416. The molecule has 0 aliphatic carbocycles. The number of nitrogens with zero attached hydrogens (tertiary/aromatic N) is 3. The second-order valence-electron chi connectivity index (χ2n) is 10.5. The average molecular weight is 531 g/mol. The molecule has 2 aromatic carbocycles. The fourth-order valence-corrected chi connectivity index (χ4v) is 4.37. The van der Waals surface area contributed by atoms with Gasteiger partial charge in [-0.1, -0.05) is 90.1 Å². The minimum Gasteiger partial charge on any atom is -0.399 e. The molecule has 0 bridgehead atoms. The van der Waals surface area contributed by atoms with Crippen molar-refractivity contribution in [2.75, 3.05) is 0 Å². The molecule has 39 heavy (non-hydrogen) atoms. The zero-order chi connectivity index (χ0) is 29.0. The van der Waals surface area contributed by atoms with E-state index in [1.807, 2.05) is 97.9 Å². The van der Waals surface area contributed by atoms with Gasteiger partial charge in [0, 0.05) is 5.56 Å². The Kier molecular flexibility index (Phi) is 9.57. The molecule has 1 saturated heterocycles. The highest BCUT2D eigenvalue weighted by molar-refractivity contribution is 6.62. The summed E-state index contributed by atoms with van der Waals surface area (Å²) in [4.78, 5) is 25.0. The van der Waals surface area contributed by atoms with Crippen LogP contribution in [0.5, 0.6) is 0 Å². The summed E-state index contributed by atoms with van der Waals surface area (Å²) >= 11 is 0. The molecule has 4 aromatic rings. The molecular formula is C31H43BN4O3. The third-order valence-corrected chi connectivity index (χ3v) is 7.18. The smallest absolute Gasteiger partial charge is 0.399 e. The van der Waals surface area contributed by atoms with Crippen LogP contribution in [-0.2, 0) is 15.9 Å². The molecule has 2 aromatic heterocycles. The van der Waals surface area contributed by atoms with Crippen molar-refractivity contribution in [1.29, 1.82) is 0 Å². The summed E-state index contributed by atoms with van der Waals surface area (Å²) < 4.78 is 14.0. The highest BCUT2D eigenvalue weighted by Crippen LogP contribution is 2.36. The van der Waals surface area contributed by atoms with Gasteiger partial charge in [0.25, 0.3) is 0 Å². The Morgan fingerprint density at radius 3 is 2.10 bits per heavy atom. The fraction of sp³-hybridized carbons (Fsp3) is 0.452. The maximum absolute atomic E-state index is 12.8. The van der Waals surface area contributed by atoms with Crippen LogP contribution in [0.15, 0.2) is 59.5 Å². The van der Waals surface area contributed by atoms with Crippen molar-refractivity contribution < 1.29 is 9.31 Å². The molecule has 1 aliphatic heterocycles. The van der Waals surface area contributed by atoms with Crippen molar-refractivity contribution in [3.8, 4) is 11.4 Å². The van der Waals surface area contributed by atoms with Gasteiger partial charge in [-0.3, -0.25) is 4.57 Å². The fourth-order valence-electron chi connectivity index (χ4n) is 4.37. The first-order chi connectivity index (χ1) is 18.6. The van der Waals surface area contributed by atoms with E-state index in [1.165, 1.54) is 5.56 Å². The monoisotopic (exact) mass is 530 g/mol. The van der Waals surface area contributed by atoms with Gasteiger partial charge in [-0.2, -0.15) is 0 Å². The third-order valence-electron chi connectivity index (χ3n) is 7.18. The second kappa shape index (κ2) is 12.3. The lowest BCUT2D eigenvalue weighted by Gasteiger charge is -2.32. The van der Waals surface area contributed by atoms with Crippen molar-refractivity contribution in [2.24, 2.45) is 0 Å². The van der Waals surface area contributed by atoms with Crippen LogP contribution >= 0.6 is 0 Å². The Morgan fingerprint density at radius 1 is 0.923 bits per heavy atom. The van der Waals surface area contributed by atoms with Crippen LogP contribution in [0.1, 0.15) is 86.3 Å². The van der Waals surface area contributed by atoms with Gasteiger partial charge in [0.05, 0.1) is 23.9 Å². The highest BCUT2D eigenvalue weighted by atomic mass is 16.7. The van der Waals surface area contributed by atoms with E-state index >= 15 is 0 Å². The SMILES string of the molecule is CC.CC.CC(C)c1ccccc1-c1ncc2[nH]c(=O)n(Cc3ccc(B4OC(C)(C)C(C)(C)O4)cc3)c2n1. The van der Waals surface area contributed by atoms with Gasteiger partial charge in [-0.25, -0.2) is 14.8 Å². The molecule has 3 heterocycles. The van der Waals surface area contributed by atoms with Crippen molar-refractivity contribution in [1.82, 2.24) is 19.5 Å². The number of benzene rings is 2. The van der Waals surface area contributed by atoms with Crippen LogP contribution in [0.25, 0.3) is 22.6 Å². The van der Waals surface area contributed by atoms with E-state index in [-0.39, 0.29) is 16.9 Å². The number of aromatic nitrogens is 4. The molecule has 208 valence electrons. The van der Waals surface area contributed by atoms with Gasteiger partial charge in [-0.05, 0) is 50.2 Å². The highest BCUT2D eigenvalue weighted by Gasteiger charge is 2.51. The first-order valence-corrected chi connectivity index (χ1v) is 14.0. The number of hydrogen-bond acceptors (Lipinski definition) is 5. The first kappa shape index (κ1) is 30.3. The van der Waals surface area contributed by atoms with E-state index in [0.717, 1.165) is 16.6 Å². The van der Waals surface area contributed by atoms with E-state index in [0.29, 0.717) is 29.5 Å². The number of hydrogen-bond donors (Lipinski definition) is 1. The van der Waals surface area contributed by atoms with Crippen LogP contribution in [-0.4, -0.2) is 37.8 Å². The summed E-state index contributed by atoms with van der Waals surface area (Å²) in [5, 5.41) is 0. The number of imidazole rings is 1. The van der Waals surface area contributed by atoms with Gasteiger partial charge in [0.15, 0.2) is 11.5 Å². The predicted molar refractivity (Wildman–Crippen MR) is 162 cm³/mol. The number of H-pyrrole nitrogens is 1. The van der Waals surface area contributed by atoms with Gasteiger partial charge in [0.1, 0.15) is 5.52 Å².